The van der Waals surface area contributed by atoms with E-state index in [0.29, 0.717) is 28.9 Å². The van der Waals surface area contributed by atoms with Gasteiger partial charge in [0.2, 0.25) is 0 Å². The van der Waals surface area contributed by atoms with Gasteiger partial charge in [0.25, 0.3) is 11.8 Å². The molecule has 2 amide bonds. The van der Waals surface area contributed by atoms with Gasteiger partial charge in [0.1, 0.15) is 0 Å². The molecule has 5 heteroatoms. The second kappa shape index (κ2) is 10.5. The Morgan fingerprint density at radius 1 is 0.676 bits per heavy atom. The number of carbonyl (C=O) groups excluding carboxylic acids is 2. The van der Waals surface area contributed by atoms with Gasteiger partial charge in [-0.1, -0.05) is 42.5 Å². The summed E-state index contributed by atoms with van der Waals surface area (Å²) < 4.78 is 0. The van der Waals surface area contributed by atoms with Gasteiger partial charge in [-0.05, 0) is 105 Å². The summed E-state index contributed by atoms with van der Waals surface area (Å²) in [5.41, 5.74) is 5.05. The third-order valence-electron chi connectivity index (χ3n) is 8.65. The lowest BCUT2D eigenvalue weighted by molar-refractivity contribution is 0.0918. The summed E-state index contributed by atoms with van der Waals surface area (Å²) in [7, 11) is 0. The van der Waals surface area contributed by atoms with Crippen LogP contribution in [-0.2, 0) is 0 Å². The zero-order chi connectivity index (χ0) is 25.2. The average Bonchev–Trinajstić information content (AvgIpc) is 3.50. The number of fused-ring (bicyclic) bond motifs is 5. The molecule has 3 aliphatic rings. The van der Waals surface area contributed by atoms with E-state index in [1.54, 1.807) is 47.5 Å². The zero-order valence-electron chi connectivity index (χ0n) is 21.2. The predicted octanol–water partition coefficient (Wildman–Crippen LogP) is 6.51. The smallest absolute Gasteiger partial charge is 0.255 e. The van der Waals surface area contributed by atoms with E-state index in [-0.39, 0.29) is 17.9 Å². The first-order chi connectivity index (χ1) is 18.2. The number of benzene rings is 3. The Morgan fingerprint density at radius 3 is 1.92 bits per heavy atom. The molecule has 2 unspecified atom stereocenters. The third-order valence-corrected chi connectivity index (χ3v) is 8.65. The first kappa shape index (κ1) is 23.9. The maximum absolute atomic E-state index is 12.8. The molecule has 1 saturated heterocycles. The summed E-state index contributed by atoms with van der Waals surface area (Å²) in [5.74, 6) is 0.566. The van der Waals surface area contributed by atoms with Gasteiger partial charge >= 0.3 is 0 Å². The largest absolute Gasteiger partial charge is 0.349 e. The molecule has 5 nitrogen and oxygen atoms in total. The van der Waals surface area contributed by atoms with Crippen LogP contribution in [0.5, 0.6) is 0 Å². The minimum Gasteiger partial charge on any atom is -0.349 e. The number of nitrogens with zero attached hydrogens (tertiary/aromatic N) is 1. The zero-order valence-corrected chi connectivity index (χ0v) is 21.2. The van der Waals surface area contributed by atoms with E-state index >= 15 is 0 Å². The maximum atomic E-state index is 12.8. The molecule has 2 fully saturated rings. The second-order valence-electron chi connectivity index (χ2n) is 10.9. The van der Waals surface area contributed by atoms with Crippen molar-refractivity contribution < 1.29 is 9.59 Å². The van der Waals surface area contributed by atoms with Crippen LogP contribution in [0.25, 0.3) is 0 Å². The SMILES string of the molecule is O=C(Nc1ccc(C(=O)NC2CCC(CCN3C4CCC3c3ccccc34)CC2)cc1)c1ccccc1. The van der Waals surface area contributed by atoms with Crippen molar-refractivity contribution in [1.29, 1.82) is 0 Å². The van der Waals surface area contributed by atoms with Crippen molar-refractivity contribution in [2.45, 2.75) is 63.1 Å². The first-order valence-corrected chi connectivity index (χ1v) is 13.8. The summed E-state index contributed by atoms with van der Waals surface area (Å²) in [6.07, 6.45) is 8.35. The van der Waals surface area contributed by atoms with E-state index in [1.165, 1.54) is 38.6 Å². The Hall–Kier alpha value is -3.44. The maximum Gasteiger partial charge on any atom is 0.255 e. The lowest BCUT2D eigenvalue weighted by Gasteiger charge is -2.31. The van der Waals surface area contributed by atoms with Crippen LogP contribution in [0, 0.1) is 5.92 Å². The minimum absolute atomic E-state index is 0.0317. The van der Waals surface area contributed by atoms with Crippen LogP contribution in [0.1, 0.15) is 88.9 Å². The molecule has 190 valence electrons. The van der Waals surface area contributed by atoms with Crippen LogP contribution in [0.2, 0.25) is 0 Å². The lowest BCUT2D eigenvalue weighted by atomic mass is 9.84. The number of rotatable bonds is 7. The highest BCUT2D eigenvalue weighted by Gasteiger charge is 2.43. The Balaban J connectivity index is 0.948. The standard InChI is InChI=1S/C32H35N3O2/c36-31(23-6-2-1-3-7-23)34-26-16-12-24(13-17-26)32(37)33-25-14-10-22(11-15-25)20-21-35-29-18-19-30(35)28-9-5-4-8-27(28)29/h1-9,12-13,16-17,22,25,29-30H,10-11,14-15,18-21H2,(H,33,37)(H,34,36). The van der Waals surface area contributed by atoms with E-state index in [2.05, 4.69) is 39.8 Å². The van der Waals surface area contributed by atoms with Crippen LogP contribution in [0.15, 0.2) is 78.9 Å². The molecule has 3 aromatic rings. The second-order valence-corrected chi connectivity index (χ2v) is 10.9. The molecule has 2 N–H and O–H groups in total. The first-order valence-electron chi connectivity index (χ1n) is 13.8. The molecular formula is C32H35N3O2. The van der Waals surface area contributed by atoms with Gasteiger partial charge in [0.15, 0.2) is 0 Å². The molecule has 2 aliphatic heterocycles. The van der Waals surface area contributed by atoms with E-state index in [0.717, 1.165) is 18.8 Å². The molecule has 2 bridgehead atoms. The molecule has 0 spiro atoms. The number of amides is 2. The number of nitrogens with one attached hydrogen (secondary N) is 2. The fourth-order valence-electron chi connectivity index (χ4n) is 6.66. The average molecular weight is 494 g/mol. The molecule has 2 atom stereocenters. The van der Waals surface area contributed by atoms with Crippen LogP contribution >= 0.6 is 0 Å². The van der Waals surface area contributed by atoms with Crippen LogP contribution in [0.3, 0.4) is 0 Å². The van der Waals surface area contributed by atoms with Gasteiger partial charge in [0.05, 0.1) is 0 Å². The van der Waals surface area contributed by atoms with Gasteiger partial charge in [-0.25, -0.2) is 0 Å². The van der Waals surface area contributed by atoms with E-state index in [1.807, 2.05) is 18.2 Å². The molecule has 1 saturated carbocycles. The minimum atomic E-state index is -0.156. The van der Waals surface area contributed by atoms with Crippen molar-refractivity contribution in [1.82, 2.24) is 10.2 Å². The Kier molecular flexibility index (Phi) is 6.79. The summed E-state index contributed by atoms with van der Waals surface area (Å²) >= 11 is 0. The highest BCUT2D eigenvalue weighted by atomic mass is 16.2. The van der Waals surface area contributed by atoms with Gasteiger partial charge in [-0.2, -0.15) is 0 Å². The molecule has 0 radical (unpaired) electrons. The Morgan fingerprint density at radius 2 is 1.27 bits per heavy atom. The van der Waals surface area contributed by atoms with E-state index in [4.69, 9.17) is 0 Å². The highest BCUT2D eigenvalue weighted by molar-refractivity contribution is 6.04. The van der Waals surface area contributed by atoms with Crippen LogP contribution in [0.4, 0.5) is 5.69 Å². The summed E-state index contributed by atoms with van der Waals surface area (Å²) in [5, 5.41) is 6.12. The fourth-order valence-corrected chi connectivity index (χ4v) is 6.66. The molecule has 1 aliphatic carbocycles. The van der Waals surface area contributed by atoms with Crippen molar-refractivity contribution in [2.75, 3.05) is 11.9 Å². The monoisotopic (exact) mass is 493 g/mol. The van der Waals surface area contributed by atoms with Gasteiger partial charge in [0, 0.05) is 34.9 Å². The van der Waals surface area contributed by atoms with Crippen LogP contribution < -0.4 is 10.6 Å². The molecular weight excluding hydrogens is 458 g/mol. The Bertz CT molecular complexity index is 1220. The van der Waals surface area contributed by atoms with Crippen molar-refractivity contribution >= 4 is 17.5 Å². The number of carbonyl (C=O) groups is 2. The van der Waals surface area contributed by atoms with E-state index in [9.17, 15) is 9.59 Å². The third kappa shape index (κ3) is 5.05. The van der Waals surface area contributed by atoms with Crippen LogP contribution in [-0.4, -0.2) is 29.3 Å². The van der Waals surface area contributed by atoms with Crippen molar-refractivity contribution in [3.05, 3.63) is 101 Å². The topological polar surface area (TPSA) is 61.4 Å². The molecule has 3 aromatic carbocycles. The normalized spacial score (nSPS) is 24.4. The fraction of sp³-hybridized carbons (Fsp3) is 0.375. The number of hydrogen-bond donors (Lipinski definition) is 2. The van der Waals surface area contributed by atoms with Gasteiger partial charge < -0.3 is 10.6 Å². The highest BCUT2D eigenvalue weighted by Crippen LogP contribution is 2.53. The number of hydrogen-bond acceptors (Lipinski definition) is 3. The molecule has 2 heterocycles. The molecule has 0 aromatic heterocycles. The Labute approximate surface area is 219 Å². The quantitative estimate of drug-likeness (QED) is 0.394. The van der Waals surface area contributed by atoms with Gasteiger partial charge in [-0.15, -0.1) is 0 Å². The predicted molar refractivity (Wildman–Crippen MR) is 147 cm³/mol. The lowest BCUT2D eigenvalue weighted by Crippen LogP contribution is -2.38. The summed E-state index contributed by atoms with van der Waals surface area (Å²) in [6, 6.07) is 26.8. The van der Waals surface area contributed by atoms with Crippen molar-refractivity contribution in [3.63, 3.8) is 0 Å². The van der Waals surface area contributed by atoms with E-state index < -0.39 is 0 Å². The summed E-state index contributed by atoms with van der Waals surface area (Å²) in [6.45, 7) is 1.19. The van der Waals surface area contributed by atoms with Crippen molar-refractivity contribution in [2.24, 2.45) is 5.92 Å². The van der Waals surface area contributed by atoms with Crippen molar-refractivity contribution in [3.8, 4) is 0 Å². The summed E-state index contributed by atoms with van der Waals surface area (Å²) in [4.78, 5) is 27.9. The number of anilines is 1. The molecule has 6 rings (SSSR count). The van der Waals surface area contributed by atoms with Gasteiger partial charge in [-0.3, -0.25) is 14.5 Å². The molecule has 37 heavy (non-hydrogen) atoms.